The monoisotopic (exact) mass is 302 g/mol. The van der Waals surface area contributed by atoms with Gasteiger partial charge in [-0.05, 0) is 65.2 Å². The molecule has 1 aromatic heterocycles. The zero-order chi connectivity index (χ0) is 15.7. The normalized spacial score (nSPS) is 13.0. The van der Waals surface area contributed by atoms with E-state index in [2.05, 4.69) is 65.9 Å². The molecule has 2 nitrogen and oxygen atoms in total. The Morgan fingerprint density at radius 1 is 1.00 bits per heavy atom. The molecule has 0 aliphatic heterocycles. The van der Waals surface area contributed by atoms with Gasteiger partial charge in [0.05, 0.1) is 11.7 Å². The second-order valence-corrected chi connectivity index (χ2v) is 7.50. The lowest BCUT2D eigenvalue weighted by atomic mass is 9.94. The van der Waals surface area contributed by atoms with Crippen molar-refractivity contribution >= 4 is 11.3 Å². The molecule has 0 bridgehead atoms. The summed E-state index contributed by atoms with van der Waals surface area (Å²) in [7, 11) is 0. The van der Waals surface area contributed by atoms with E-state index in [0.717, 1.165) is 5.69 Å². The molecule has 0 saturated carbocycles. The minimum Gasteiger partial charge on any atom is -0.302 e. The molecule has 0 radical (unpaired) electrons. The van der Waals surface area contributed by atoms with E-state index in [1.165, 1.54) is 32.1 Å². The van der Waals surface area contributed by atoms with Crippen molar-refractivity contribution < 1.29 is 0 Å². The second-order valence-electron chi connectivity index (χ2n) is 6.26. The molecule has 2 rings (SSSR count). The summed E-state index contributed by atoms with van der Waals surface area (Å²) >= 11 is 1.81. The van der Waals surface area contributed by atoms with Gasteiger partial charge >= 0.3 is 0 Å². The molecule has 114 valence electrons. The highest BCUT2D eigenvalue weighted by atomic mass is 32.1. The smallest absolute Gasteiger partial charge is 0.115 e. The third-order valence-corrected chi connectivity index (χ3v) is 4.96. The van der Waals surface area contributed by atoms with E-state index in [4.69, 9.17) is 4.98 Å². The van der Waals surface area contributed by atoms with Crippen LogP contribution in [0.2, 0.25) is 0 Å². The summed E-state index contributed by atoms with van der Waals surface area (Å²) in [4.78, 5) is 6.11. The van der Waals surface area contributed by atoms with Gasteiger partial charge in [-0.15, -0.1) is 11.3 Å². The zero-order valence-corrected chi connectivity index (χ0v) is 15.0. The zero-order valence-electron chi connectivity index (χ0n) is 14.2. The first-order chi connectivity index (χ1) is 9.79. The quantitative estimate of drug-likeness (QED) is 0.879. The van der Waals surface area contributed by atoms with E-state index < -0.39 is 0 Å². The third kappa shape index (κ3) is 3.53. The van der Waals surface area contributed by atoms with Crippen LogP contribution in [0.5, 0.6) is 0 Å². The molecule has 1 heterocycles. The van der Waals surface area contributed by atoms with Crippen molar-refractivity contribution in [2.75, 3.05) is 0 Å². The molecule has 0 fully saturated rings. The topological polar surface area (TPSA) is 24.9 Å². The van der Waals surface area contributed by atoms with Crippen LogP contribution in [-0.4, -0.2) is 11.0 Å². The second kappa shape index (κ2) is 6.29. The summed E-state index contributed by atoms with van der Waals surface area (Å²) in [5, 5.41) is 4.88. The van der Waals surface area contributed by atoms with Crippen LogP contribution in [0, 0.1) is 34.6 Å². The Balaban J connectivity index is 2.55. The predicted molar refractivity (Wildman–Crippen MR) is 92.4 cm³/mol. The Hall–Kier alpha value is -1.19. The Bertz CT molecular complexity index is 598. The predicted octanol–water partition coefficient (Wildman–Crippen LogP) is 4.77. The molecule has 0 spiro atoms. The number of rotatable bonds is 4. The molecule has 0 amide bonds. The van der Waals surface area contributed by atoms with Crippen molar-refractivity contribution in [3.05, 3.63) is 50.0 Å². The van der Waals surface area contributed by atoms with Crippen molar-refractivity contribution in [3.8, 4) is 0 Å². The van der Waals surface area contributed by atoms with Gasteiger partial charge in [-0.3, -0.25) is 0 Å². The fraction of sp³-hybridized carbons (Fsp3) is 0.500. The molecular weight excluding hydrogens is 276 g/mol. The lowest BCUT2D eigenvalue weighted by Gasteiger charge is -2.24. The van der Waals surface area contributed by atoms with Crippen LogP contribution in [0.15, 0.2) is 12.1 Å². The van der Waals surface area contributed by atoms with E-state index in [0.29, 0.717) is 6.04 Å². The van der Waals surface area contributed by atoms with E-state index in [1.807, 2.05) is 11.3 Å². The van der Waals surface area contributed by atoms with Crippen LogP contribution in [-0.2, 0) is 0 Å². The van der Waals surface area contributed by atoms with Crippen LogP contribution >= 0.6 is 11.3 Å². The van der Waals surface area contributed by atoms with Crippen LogP contribution < -0.4 is 5.32 Å². The first kappa shape index (κ1) is 16.2. The van der Waals surface area contributed by atoms with Crippen LogP contribution in [0.4, 0.5) is 0 Å². The third-order valence-electron chi connectivity index (χ3n) is 3.82. The molecule has 0 saturated heterocycles. The van der Waals surface area contributed by atoms with Gasteiger partial charge in [0, 0.05) is 10.9 Å². The summed E-state index contributed by atoms with van der Waals surface area (Å²) in [5.74, 6) is 0. The van der Waals surface area contributed by atoms with Gasteiger partial charge < -0.3 is 5.32 Å². The van der Waals surface area contributed by atoms with Gasteiger partial charge in [0.25, 0.3) is 0 Å². The molecule has 1 N–H and O–H groups in total. The molecule has 21 heavy (non-hydrogen) atoms. The molecule has 0 aliphatic rings. The summed E-state index contributed by atoms with van der Waals surface area (Å²) in [6.07, 6.45) is 0. The molecule has 2 aromatic rings. The molecule has 1 atom stereocenters. The molecule has 3 heteroatoms. The van der Waals surface area contributed by atoms with E-state index in [-0.39, 0.29) is 6.04 Å². The molecule has 0 aliphatic carbocycles. The fourth-order valence-electron chi connectivity index (χ4n) is 2.88. The number of nitrogens with zero attached hydrogens (tertiary/aromatic N) is 1. The minimum absolute atomic E-state index is 0.183. The first-order valence-electron chi connectivity index (χ1n) is 7.57. The molecule has 1 unspecified atom stereocenters. The van der Waals surface area contributed by atoms with Crippen LogP contribution in [0.3, 0.4) is 0 Å². The molecule has 1 aromatic carbocycles. The maximum atomic E-state index is 4.80. The Labute approximate surface area is 132 Å². The number of nitrogens with one attached hydrogen (secondary N) is 1. The van der Waals surface area contributed by atoms with Crippen molar-refractivity contribution in [2.24, 2.45) is 0 Å². The SMILES string of the molecule is Cc1cc(C)c(C(NC(C)C)c2nc(C)c(C)s2)c(C)c1. The van der Waals surface area contributed by atoms with Gasteiger partial charge in [0.15, 0.2) is 0 Å². The summed E-state index contributed by atoms with van der Waals surface area (Å²) < 4.78 is 0. The van der Waals surface area contributed by atoms with Crippen molar-refractivity contribution in [1.29, 1.82) is 0 Å². The number of aromatic nitrogens is 1. The molecular formula is C18H26N2S. The van der Waals surface area contributed by atoms with Crippen molar-refractivity contribution in [1.82, 2.24) is 10.3 Å². The van der Waals surface area contributed by atoms with Crippen LogP contribution in [0.25, 0.3) is 0 Å². The van der Waals surface area contributed by atoms with Gasteiger partial charge in [0.1, 0.15) is 5.01 Å². The average molecular weight is 302 g/mol. The van der Waals surface area contributed by atoms with E-state index in [9.17, 15) is 0 Å². The summed E-state index contributed by atoms with van der Waals surface area (Å²) in [6, 6.07) is 5.14. The average Bonchev–Trinajstić information content (AvgIpc) is 2.66. The maximum absolute atomic E-state index is 4.80. The Kier molecular flexibility index (Phi) is 4.84. The minimum atomic E-state index is 0.183. The lowest BCUT2D eigenvalue weighted by Crippen LogP contribution is -2.30. The highest BCUT2D eigenvalue weighted by Gasteiger charge is 2.23. The van der Waals surface area contributed by atoms with Crippen molar-refractivity contribution in [2.45, 2.75) is 60.5 Å². The highest BCUT2D eigenvalue weighted by molar-refractivity contribution is 7.11. The standard InChI is InChI=1S/C18H26N2S/c1-10(2)19-17(18-20-14(6)15(7)21-18)16-12(4)8-11(3)9-13(16)5/h8-10,17,19H,1-7H3. The lowest BCUT2D eigenvalue weighted by molar-refractivity contribution is 0.523. The first-order valence-corrected chi connectivity index (χ1v) is 8.39. The Morgan fingerprint density at radius 2 is 1.57 bits per heavy atom. The number of benzene rings is 1. The summed E-state index contributed by atoms with van der Waals surface area (Å²) in [5.41, 5.74) is 6.53. The number of thiazole rings is 1. The van der Waals surface area contributed by atoms with Gasteiger partial charge in [-0.1, -0.05) is 17.7 Å². The number of aryl methyl sites for hydroxylation is 5. The van der Waals surface area contributed by atoms with Gasteiger partial charge in [0.2, 0.25) is 0 Å². The number of hydrogen-bond donors (Lipinski definition) is 1. The van der Waals surface area contributed by atoms with Crippen LogP contribution in [0.1, 0.15) is 57.7 Å². The van der Waals surface area contributed by atoms with E-state index >= 15 is 0 Å². The fourth-order valence-corrected chi connectivity index (χ4v) is 3.87. The highest BCUT2D eigenvalue weighted by Crippen LogP contribution is 2.32. The van der Waals surface area contributed by atoms with E-state index in [1.54, 1.807) is 0 Å². The van der Waals surface area contributed by atoms with Gasteiger partial charge in [-0.2, -0.15) is 0 Å². The number of hydrogen-bond acceptors (Lipinski definition) is 3. The largest absolute Gasteiger partial charge is 0.302 e. The Morgan fingerprint density at radius 3 is 2.00 bits per heavy atom. The van der Waals surface area contributed by atoms with Gasteiger partial charge in [-0.25, -0.2) is 4.98 Å². The maximum Gasteiger partial charge on any atom is 0.115 e. The van der Waals surface area contributed by atoms with Crippen molar-refractivity contribution in [3.63, 3.8) is 0 Å². The summed E-state index contributed by atoms with van der Waals surface area (Å²) in [6.45, 7) is 15.2.